The standard InChI is InChI=1S/C19H22N4O2S/c1-5-13-9-7-8-11(3)16(13)22-17(24)12(4)26-19-21-15(6-2)14(10-20)18(25)23-19/h7-9,12H,5-6H2,1-4H3,(H,22,24)(H,21,23,25). The van der Waals surface area contributed by atoms with Crippen LogP contribution in [-0.2, 0) is 17.6 Å². The number of aromatic nitrogens is 2. The van der Waals surface area contributed by atoms with Gasteiger partial charge in [0.05, 0.1) is 10.9 Å². The molecule has 0 aliphatic carbocycles. The van der Waals surface area contributed by atoms with Gasteiger partial charge in [0, 0.05) is 5.69 Å². The maximum atomic E-state index is 12.6. The Morgan fingerprint density at radius 2 is 2.12 bits per heavy atom. The van der Waals surface area contributed by atoms with Crippen molar-refractivity contribution in [3.8, 4) is 6.07 Å². The molecule has 0 fully saturated rings. The van der Waals surface area contributed by atoms with Crippen LogP contribution in [0.3, 0.4) is 0 Å². The van der Waals surface area contributed by atoms with E-state index in [1.54, 1.807) is 6.92 Å². The van der Waals surface area contributed by atoms with Gasteiger partial charge in [-0.3, -0.25) is 9.59 Å². The number of aryl methyl sites for hydroxylation is 3. The van der Waals surface area contributed by atoms with Gasteiger partial charge in [-0.25, -0.2) is 4.98 Å². The number of H-pyrrole nitrogens is 1. The van der Waals surface area contributed by atoms with E-state index in [0.717, 1.165) is 23.2 Å². The molecule has 0 aliphatic heterocycles. The van der Waals surface area contributed by atoms with E-state index in [9.17, 15) is 9.59 Å². The van der Waals surface area contributed by atoms with Crippen LogP contribution in [0.1, 0.15) is 43.2 Å². The molecule has 0 radical (unpaired) electrons. The third-order valence-corrected chi connectivity index (χ3v) is 5.05. The lowest BCUT2D eigenvalue weighted by atomic mass is 10.1. The fourth-order valence-corrected chi connectivity index (χ4v) is 3.39. The second-order valence-corrected chi connectivity index (χ2v) is 7.20. The van der Waals surface area contributed by atoms with Gasteiger partial charge in [0.15, 0.2) is 5.16 Å². The van der Waals surface area contributed by atoms with Crippen LogP contribution in [-0.4, -0.2) is 21.1 Å². The van der Waals surface area contributed by atoms with Gasteiger partial charge in [0.25, 0.3) is 5.56 Å². The van der Waals surface area contributed by atoms with Gasteiger partial charge in [-0.2, -0.15) is 5.26 Å². The first kappa shape index (κ1) is 19.7. The summed E-state index contributed by atoms with van der Waals surface area (Å²) in [6.07, 6.45) is 1.30. The SMILES string of the molecule is CCc1cccc(C)c1NC(=O)C(C)Sc1nc(CC)c(C#N)c(=O)[nH]1. The first-order valence-corrected chi connectivity index (χ1v) is 9.38. The first-order chi connectivity index (χ1) is 12.4. The molecule has 6 nitrogen and oxygen atoms in total. The number of rotatable bonds is 6. The third-order valence-electron chi connectivity index (χ3n) is 4.07. The molecule has 0 spiro atoms. The highest BCUT2D eigenvalue weighted by molar-refractivity contribution is 8.00. The monoisotopic (exact) mass is 370 g/mol. The van der Waals surface area contributed by atoms with Crippen molar-refractivity contribution < 1.29 is 4.79 Å². The van der Waals surface area contributed by atoms with E-state index in [1.165, 1.54) is 11.8 Å². The quantitative estimate of drug-likeness (QED) is 0.601. The molecule has 26 heavy (non-hydrogen) atoms. The van der Waals surface area contributed by atoms with Gasteiger partial charge in [0.2, 0.25) is 5.91 Å². The second-order valence-electron chi connectivity index (χ2n) is 5.87. The van der Waals surface area contributed by atoms with Gasteiger partial charge in [-0.05, 0) is 37.8 Å². The van der Waals surface area contributed by atoms with Crippen molar-refractivity contribution in [1.82, 2.24) is 9.97 Å². The molecule has 1 aromatic carbocycles. The molecule has 7 heteroatoms. The highest BCUT2D eigenvalue weighted by Gasteiger charge is 2.19. The number of nitriles is 1. The van der Waals surface area contributed by atoms with E-state index < -0.39 is 10.8 Å². The molecule has 1 aromatic heterocycles. The predicted molar refractivity (Wildman–Crippen MR) is 103 cm³/mol. The zero-order valence-corrected chi connectivity index (χ0v) is 16.2. The van der Waals surface area contributed by atoms with Crippen LogP contribution in [0.2, 0.25) is 0 Å². The Morgan fingerprint density at radius 1 is 1.38 bits per heavy atom. The van der Waals surface area contributed by atoms with Crippen LogP contribution in [0.15, 0.2) is 28.2 Å². The molecule has 136 valence electrons. The van der Waals surface area contributed by atoms with E-state index in [2.05, 4.69) is 15.3 Å². The van der Waals surface area contributed by atoms with Gasteiger partial charge in [-0.15, -0.1) is 0 Å². The molecular formula is C19H22N4O2S. The van der Waals surface area contributed by atoms with Gasteiger partial charge >= 0.3 is 0 Å². The number of hydrogen-bond acceptors (Lipinski definition) is 5. The number of benzene rings is 1. The summed E-state index contributed by atoms with van der Waals surface area (Å²) in [5, 5.41) is 11.9. The van der Waals surface area contributed by atoms with Crippen LogP contribution in [0.4, 0.5) is 5.69 Å². The van der Waals surface area contributed by atoms with Crippen molar-refractivity contribution in [1.29, 1.82) is 5.26 Å². The van der Waals surface area contributed by atoms with Crippen molar-refractivity contribution in [2.45, 2.75) is 50.9 Å². The Bertz CT molecular complexity index is 915. The van der Waals surface area contributed by atoms with Gasteiger partial charge in [0.1, 0.15) is 11.6 Å². The normalized spacial score (nSPS) is 11.7. The fourth-order valence-electron chi connectivity index (χ4n) is 2.57. The number of anilines is 1. The summed E-state index contributed by atoms with van der Waals surface area (Å²) in [6, 6.07) is 7.80. The molecular weight excluding hydrogens is 348 g/mol. The Hall–Kier alpha value is -2.59. The van der Waals surface area contributed by atoms with Crippen molar-refractivity contribution in [2.24, 2.45) is 0 Å². The lowest BCUT2D eigenvalue weighted by Gasteiger charge is -2.16. The van der Waals surface area contributed by atoms with Crippen molar-refractivity contribution in [3.63, 3.8) is 0 Å². The molecule has 1 atom stereocenters. The zero-order valence-electron chi connectivity index (χ0n) is 15.3. The maximum absolute atomic E-state index is 12.6. The van der Waals surface area contributed by atoms with Gasteiger partial charge < -0.3 is 10.3 Å². The summed E-state index contributed by atoms with van der Waals surface area (Å²) in [6.45, 7) is 7.59. The number of nitrogens with zero attached hydrogens (tertiary/aromatic N) is 2. The largest absolute Gasteiger partial charge is 0.325 e. The van der Waals surface area contributed by atoms with E-state index in [4.69, 9.17) is 5.26 Å². The highest BCUT2D eigenvalue weighted by Crippen LogP contribution is 2.24. The smallest absolute Gasteiger partial charge is 0.269 e. The number of para-hydroxylation sites is 1. The maximum Gasteiger partial charge on any atom is 0.269 e. The molecule has 0 saturated carbocycles. The Kier molecular flexibility index (Phi) is 6.58. The Balaban J connectivity index is 2.20. The minimum absolute atomic E-state index is 0.0291. The summed E-state index contributed by atoms with van der Waals surface area (Å²) in [5.74, 6) is -0.163. The van der Waals surface area contributed by atoms with E-state index in [-0.39, 0.29) is 11.5 Å². The minimum atomic E-state index is -0.471. The van der Waals surface area contributed by atoms with Crippen LogP contribution < -0.4 is 10.9 Å². The number of carbonyl (C=O) groups excluding carboxylic acids is 1. The summed E-state index contributed by atoms with van der Waals surface area (Å²) >= 11 is 1.17. The number of nitrogens with one attached hydrogen (secondary N) is 2. The van der Waals surface area contributed by atoms with Crippen molar-refractivity contribution >= 4 is 23.4 Å². The van der Waals surface area contributed by atoms with Crippen molar-refractivity contribution in [3.05, 3.63) is 50.9 Å². The summed E-state index contributed by atoms with van der Waals surface area (Å²) < 4.78 is 0. The third kappa shape index (κ3) is 4.33. The average Bonchev–Trinajstić information content (AvgIpc) is 2.62. The van der Waals surface area contributed by atoms with Crippen LogP contribution in [0, 0.1) is 18.3 Å². The summed E-state index contributed by atoms with van der Waals surface area (Å²) in [4.78, 5) is 31.5. The van der Waals surface area contributed by atoms with Crippen LogP contribution >= 0.6 is 11.8 Å². The zero-order chi connectivity index (χ0) is 19.3. The molecule has 1 amide bonds. The molecule has 1 heterocycles. The number of carbonyl (C=O) groups is 1. The lowest BCUT2D eigenvalue weighted by molar-refractivity contribution is -0.115. The first-order valence-electron chi connectivity index (χ1n) is 8.50. The summed E-state index contributed by atoms with van der Waals surface area (Å²) in [7, 11) is 0. The molecule has 2 N–H and O–H groups in total. The minimum Gasteiger partial charge on any atom is -0.325 e. The topological polar surface area (TPSA) is 98.6 Å². The van der Waals surface area contributed by atoms with E-state index >= 15 is 0 Å². The molecule has 0 bridgehead atoms. The highest BCUT2D eigenvalue weighted by atomic mass is 32.2. The Labute approximate surface area is 157 Å². The molecule has 2 aromatic rings. The number of hydrogen-bond donors (Lipinski definition) is 2. The molecule has 1 unspecified atom stereocenters. The number of amides is 1. The molecule has 0 aliphatic rings. The van der Waals surface area contributed by atoms with Crippen LogP contribution in [0.5, 0.6) is 0 Å². The van der Waals surface area contributed by atoms with Gasteiger partial charge in [-0.1, -0.05) is 43.8 Å². The average molecular weight is 370 g/mol. The second kappa shape index (κ2) is 8.68. The number of thioether (sulfide) groups is 1. The van der Waals surface area contributed by atoms with Crippen molar-refractivity contribution in [2.75, 3.05) is 5.32 Å². The number of aromatic amines is 1. The van der Waals surface area contributed by atoms with Crippen LogP contribution in [0.25, 0.3) is 0 Å². The Morgan fingerprint density at radius 3 is 2.73 bits per heavy atom. The molecule has 0 saturated heterocycles. The summed E-state index contributed by atoms with van der Waals surface area (Å²) in [5.41, 5.74) is 2.92. The lowest BCUT2D eigenvalue weighted by Crippen LogP contribution is -2.25. The van der Waals surface area contributed by atoms with E-state index in [1.807, 2.05) is 45.0 Å². The predicted octanol–water partition coefficient (Wildman–Crippen LogP) is 3.19. The fraction of sp³-hybridized carbons (Fsp3) is 0.368. The van der Waals surface area contributed by atoms with E-state index in [0.29, 0.717) is 17.3 Å². The molecule has 2 rings (SSSR count).